The smallest absolute Gasteiger partial charge is 0.422 e. The molecule has 8 nitrogen and oxygen atoms in total. The quantitative estimate of drug-likeness (QED) is 0.565. The molecule has 0 radical (unpaired) electrons. The van der Waals surface area contributed by atoms with Crippen LogP contribution in [0.4, 0.5) is 24.3 Å². The summed E-state index contributed by atoms with van der Waals surface area (Å²) in [6.07, 6.45) is -2.23. The molecule has 31 heavy (non-hydrogen) atoms. The summed E-state index contributed by atoms with van der Waals surface area (Å²) in [5.41, 5.74) is 1.05. The Morgan fingerprint density at radius 1 is 1.26 bits per heavy atom. The van der Waals surface area contributed by atoms with E-state index in [0.29, 0.717) is 23.6 Å². The molecule has 1 aliphatic carbocycles. The van der Waals surface area contributed by atoms with Gasteiger partial charge in [0.15, 0.2) is 18.0 Å². The van der Waals surface area contributed by atoms with Crippen LogP contribution in [-0.4, -0.2) is 61.4 Å². The second-order valence-electron chi connectivity index (χ2n) is 8.61. The Bertz CT molecular complexity index is 1180. The first-order chi connectivity index (χ1) is 14.7. The molecule has 0 N–H and O–H groups in total. The number of alkyl halides is 3. The summed E-state index contributed by atoms with van der Waals surface area (Å²) in [5, 5.41) is 5.59. The molecule has 1 saturated carbocycles. The van der Waals surface area contributed by atoms with Crippen molar-refractivity contribution in [2.45, 2.75) is 44.4 Å². The van der Waals surface area contributed by atoms with Gasteiger partial charge < -0.3 is 14.5 Å². The van der Waals surface area contributed by atoms with Gasteiger partial charge in [0.1, 0.15) is 5.82 Å². The van der Waals surface area contributed by atoms with Crippen LogP contribution in [0.5, 0.6) is 5.75 Å². The van der Waals surface area contributed by atoms with E-state index in [0.717, 1.165) is 42.6 Å². The molecule has 5 heterocycles. The zero-order chi connectivity index (χ0) is 21.5. The Balaban J connectivity index is 1.32. The number of anilines is 2. The number of aryl methyl sites for hydroxylation is 2. The summed E-state index contributed by atoms with van der Waals surface area (Å²) < 4.78 is 48.9. The molecular weight excluding hydrogens is 431 g/mol. The molecule has 3 aromatic heterocycles. The van der Waals surface area contributed by atoms with Gasteiger partial charge in [-0.25, -0.2) is 9.50 Å². The van der Waals surface area contributed by atoms with Crippen molar-refractivity contribution >= 4 is 28.3 Å². The van der Waals surface area contributed by atoms with Crippen molar-refractivity contribution in [3.8, 4) is 5.75 Å². The molecule has 2 bridgehead atoms. The van der Waals surface area contributed by atoms with Crippen LogP contribution in [0.25, 0.3) is 5.65 Å². The third kappa shape index (κ3) is 2.87. The predicted octanol–water partition coefficient (Wildman–Crippen LogP) is 3.00. The number of rotatable bonds is 4. The number of nitrogens with zero attached hydrogens (tertiary/aromatic N) is 7. The van der Waals surface area contributed by atoms with E-state index in [1.54, 1.807) is 10.6 Å². The van der Waals surface area contributed by atoms with E-state index in [1.165, 1.54) is 17.6 Å². The lowest BCUT2D eigenvalue weighted by Gasteiger charge is -2.28. The number of halogens is 3. The van der Waals surface area contributed by atoms with Crippen molar-refractivity contribution in [3.05, 3.63) is 23.7 Å². The molecule has 3 aromatic rings. The van der Waals surface area contributed by atoms with Crippen molar-refractivity contribution in [3.63, 3.8) is 0 Å². The zero-order valence-electron chi connectivity index (χ0n) is 16.9. The first-order valence-electron chi connectivity index (χ1n) is 10.2. The molecule has 2 aliphatic heterocycles. The van der Waals surface area contributed by atoms with E-state index < -0.39 is 12.8 Å². The number of hydrogen-bond acceptors (Lipinski definition) is 8. The molecule has 3 atom stereocenters. The van der Waals surface area contributed by atoms with Gasteiger partial charge in [0, 0.05) is 30.3 Å². The number of pyridine rings is 1. The van der Waals surface area contributed by atoms with Crippen LogP contribution in [0.3, 0.4) is 0 Å². The van der Waals surface area contributed by atoms with Crippen LogP contribution in [-0.2, 0) is 0 Å². The minimum Gasteiger partial charge on any atom is -0.480 e. The average Bonchev–Trinajstić information content (AvgIpc) is 3.02. The van der Waals surface area contributed by atoms with Crippen LogP contribution >= 0.6 is 11.5 Å². The summed E-state index contributed by atoms with van der Waals surface area (Å²) in [6, 6.07) is 3.57. The van der Waals surface area contributed by atoms with Crippen molar-refractivity contribution in [2.75, 3.05) is 29.5 Å². The fourth-order valence-electron chi connectivity index (χ4n) is 5.33. The fraction of sp³-hybridized carbons (Fsp3) is 0.579. The summed E-state index contributed by atoms with van der Waals surface area (Å²) in [6.45, 7) is 4.13. The van der Waals surface area contributed by atoms with Gasteiger partial charge in [-0.3, -0.25) is 0 Å². The summed E-state index contributed by atoms with van der Waals surface area (Å²) in [7, 11) is 0. The third-order valence-electron chi connectivity index (χ3n) is 6.58. The highest BCUT2D eigenvalue weighted by Gasteiger charge is 2.73. The normalized spacial score (nSPS) is 27.1. The second kappa shape index (κ2) is 6.21. The van der Waals surface area contributed by atoms with E-state index in [9.17, 15) is 13.2 Å². The molecule has 12 heteroatoms. The minimum absolute atomic E-state index is 0.0473. The van der Waals surface area contributed by atoms with Crippen molar-refractivity contribution in [1.29, 1.82) is 0 Å². The first-order valence-corrected chi connectivity index (χ1v) is 10.9. The Morgan fingerprint density at radius 3 is 2.84 bits per heavy atom. The topological polar surface area (TPSA) is 71.5 Å². The number of ether oxygens (including phenoxy) is 1. The van der Waals surface area contributed by atoms with Crippen LogP contribution in [0, 0.1) is 19.8 Å². The molecule has 0 amide bonds. The number of piperidine rings is 2. The number of aromatic nitrogens is 5. The zero-order valence-corrected chi connectivity index (χ0v) is 17.7. The van der Waals surface area contributed by atoms with Gasteiger partial charge in [0.05, 0.1) is 11.6 Å². The third-order valence-corrected chi connectivity index (χ3v) is 7.44. The molecule has 2 saturated heterocycles. The maximum absolute atomic E-state index is 12.7. The van der Waals surface area contributed by atoms with Crippen molar-refractivity contribution < 1.29 is 17.9 Å². The standard InChI is InChI=1S/C19H20F3N7OS/c1-10-3-4-13(30-9-19(20,21)22)15-24-16(25-29(10)15)28-14-12-5-6-18(14,28)8-27(7-12)17-23-11(2)26-31-17/h3-4,12,14H,5-9H2,1-2H3/t12-,14-,18-,28?/m0/s1. The molecule has 3 fully saturated rings. The SMILES string of the molecule is Cc1nsc(N2C[C@@H]3CC[C@]4(C2)[C@H]3N4c2nc3c(OCC(F)(F)F)ccc(C)n3n2)n1. The first kappa shape index (κ1) is 19.1. The van der Waals surface area contributed by atoms with Gasteiger partial charge in [-0.15, -0.1) is 5.10 Å². The Morgan fingerprint density at radius 2 is 2.10 bits per heavy atom. The molecule has 3 aliphatic rings. The van der Waals surface area contributed by atoms with Gasteiger partial charge in [-0.2, -0.15) is 22.5 Å². The highest BCUT2D eigenvalue weighted by atomic mass is 32.1. The molecule has 0 aromatic carbocycles. The average molecular weight is 451 g/mol. The predicted molar refractivity (Wildman–Crippen MR) is 108 cm³/mol. The van der Waals surface area contributed by atoms with Crippen LogP contribution < -0.4 is 14.5 Å². The Labute approximate surface area is 179 Å². The van der Waals surface area contributed by atoms with E-state index >= 15 is 0 Å². The molecule has 0 spiro atoms. The highest BCUT2D eigenvalue weighted by molar-refractivity contribution is 7.09. The lowest BCUT2D eigenvalue weighted by atomic mass is 9.99. The minimum atomic E-state index is -4.41. The Kier molecular flexibility index (Phi) is 3.82. The van der Waals surface area contributed by atoms with Gasteiger partial charge in [-0.1, -0.05) is 0 Å². The second-order valence-corrected chi connectivity index (χ2v) is 9.34. The Hall–Kier alpha value is -2.63. The van der Waals surface area contributed by atoms with Crippen LogP contribution in [0.15, 0.2) is 12.1 Å². The monoisotopic (exact) mass is 451 g/mol. The van der Waals surface area contributed by atoms with Gasteiger partial charge in [0.25, 0.3) is 0 Å². The highest BCUT2D eigenvalue weighted by Crippen LogP contribution is 2.60. The summed E-state index contributed by atoms with van der Waals surface area (Å²) in [5.74, 6) is 1.89. The number of hydrogen-bond donors (Lipinski definition) is 0. The van der Waals surface area contributed by atoms with Gasteiger partial charge >= 0.3 is 6.18 Å². The van der Waals surface area contributed by atoms with E-state index in [2.05, 4.69) is 29.2 Å². The summed E-state index contributed by atoms with van der Waals surface area (Å²) in [4.78, 5) is 13.7. The molecule has 6 rings (SSSR count). The molecular formula is C19H20F3N7OS. The van der Waals surface area contributed by atoms with Crippen molar-refractivity contribution in [2.24, 2.45) is 5.92 Å². The van der Waals surface area contributed by atoms with E-state index in [1.807, 2.05) is 13.8 Å². The van der Waals surface area contributed by atoms with Gasteiger partial charge in [-0.05, 0) is 44.7 Å². The fourth-order valence-corrected chi connectivity index (χ4v) is 6.01. The summed E-state index contributed by atoms with van der Waals surface area (Å²) >= 11 is 1.42. The molecule has 164 valence electrons. The lowest BCUT2D eigenvalue weighted by Crippen LogP contribution is -2.42. The maximum atomic E-state index is 12.7. The van der Waals surface area contributed by atoms with E-state index in [4.69, 9.17) is 4.74 Å². The lowest BCUT2D eigenvalue weighted by molar-refractivity contribution is -0.153. The molecule has 0 unspecified atom stereocenters. The van der Waals surface area contributed by atoms with Gasteiger partial charge in [0.2, 0.25) is 11.1 Å². The number of fused-ring (bicyclic) bond motifs is 1. The maximum Gasteiger partial charge on any atom is 0.422 e. The van der Waals surface area contributed by atoms with Crippen LogP contribution in [0.1, 0.15) is 24.4 Å². The largest absolute Gasteiger partial charge is 0.480 e. The van der Waals surface area contributed by atoms with Crippen LogP contribution in [0.2, 0.25) is 0 Å². The van der Waals surface area contributed by atoms with E-state index in [-0.39, 0.29) is 11.3 Å². The van der Waals surface area contributed by atoms with Crippen molar-refractivity contribution in [1.82, 2.24) is 24.0 Å².